The molecule has 0 aromatic rings. The second kappa shape index (κ2) is 6.61. The van der Waals surface area contributed by atoms with Crippen molar-refractivity contribution in [2.24, 2.45) is 4.99 Å². The molecule has 3 fully saturated rings. The maximum absolute atomic E-state index is 4.12. The molecule has 1 atom stereocenters. The number of aliphatic imine (C=N–C) groups is 1. The first-order valence-electron chi connectivity index (χ1n) is 5.68. The lowest BCUT2D eigenvalue weighted by atomic mass is 10.1. The fourth-order valence-electron chi connectivity index (χ4n) is 2.41. The van der Waals surface area contributed by atoms with Gasteiger partial charge in [0.15, 0.2) is 5.96 Å². The Morgan fingerprint density at radius 2 is 2.00 bits per heavy atom. The van der Waals surface area contributed by atoms with E-state index in [1.165, 1.54) is 32.7 Å². The zero-order valence-corrected chi connectivity index (χ0v) is 12.4. The summed E-state index contributed by atoms with van der Waals surface area (Å²) in [4.78, 5) is 9.24. The highest BCUT2D eigenvalue weighted by Gasteiger charge is 2.31. The van der Waals surface area contributed by atoms with Crippen molar-refractivity contribution < 1.29 is 0 Å². The molecule has 94 valence electrons. The van der Waals surface area contributed by atoms with Gasteiger partial charge in [0.05, 0.1) is 0 Å². The molecule has 0 amide bonds. The topological polar surface area (TPSA) is 42.9 Å². The lowest BCUT2D eigenvalue weighted by molar-refractivity contribution is 0.0154. The third-order valence-corrected chi connectivity index (χ3v) is 3.36. The monoisotopic (exact) mass is 339 g/mol. The second-order valence-electron chi connectivity index (χ2n) is 4.19. The molecule has 2 bridgehead atoms. The molecular formula is C10H22IN5. The van der Waals surface area contributed by atoms with Gasteiger partial charge >= 0.3 is 0 Å². The predicted molar refractivity (Wildman–Crippen MR) is 77.6 cm³/mol. The van der Waals surface area contributed by atoms with Crippen LogP contribution in [-0.2, 0) is 0 Å². The standard InChI is InChI=1S/C10H21N5.HI/c1-11-10(12-2)13-7-9-8-14-3-5-15(9)6-4-14;/h9H,3-8H2,1-2H3,(H2,11,12,13);1H. The quantitative estimate of drug-likeness (QED) is 0.401. The molecule has 6 heteroatoms. The van der Waals surface area contributed by atoms with Crippen molar-refractivity contribution >= 4 is 29.9 Å². The van der Waals surface area contributed by atoms with Crippen LogP contribution in [-0.4, -0.2) is 75.2 Å². The van der Waals surface area contributed by atoms with Gasteiger partial charge in [-0.25, -0.2) is 0 Å². The second-order valence-corrected chi connectivity index (χ2v) is 4.19. The predicted octanol–water partition coefficient (Wildman–Crippen LogP) is -0.601. The normalized spacial score (nSPS) is 33.1. The smallest absolute Gasteiger partial charge is 0.190 e. The molecule has 0 aliphatic carbocycles. The SMILES string of the molecule is CN=C(NC)NCC1CN2CCN1CC2.I. The van der Waals surface area contributed by atoms with Crippen LogP contribution in [0.5, 0.6) is 0 Å². The molecule has 0 aromatic carbocycles. The highest BCUT2D eigenvalue weighted by molar-refractivity contribution is 14.0. The third kappa shape index (κ3) is 3.21. The van der Waals surface area contributed by atoms with E-state index in [1.54, 1.807) is 7.05 Å². The Hall–Kier alpha value is -0.0800. The maximum Gasteiger partial charge on any atom is 0.190 e. The molecule has 0 spiro atoms. The number of rotatable bonds is 2. The Morgan fingerprint density at radius 3 is 2.44 bits per heavy atom. The van der Waals surface area contributed by atoms with Crippen molar-refractivity contribution in [3.63, 3.8) is 0 Å². The fourth-order valence-corrected chi connectivity index (χ4v) is 2.41. The van der Waals surface area contributed by atoms with Crippen molar-refractivity contribution in [2.75, 3.05) is 53.4 Å². The van der Waals surface area contributed by atoms with Crippen LogP contribution in [0.25, 0.3) is 0 Å². The fraction of sp³-hybridized carbons (Fsp3) is 0.900. The Morgan fingerprint density at radius 1 is 1.31 bits per heavy atom. The maximum atomic E-state index is 4.12. The third-order valence-electron chi connectivity index (χ3n) is 3.36. The number of hydrogen-bond acceptors (Lipinski definition) is 3. The average molecular weight is 339 g/mol. The van der Waals surface area contributed by atoms with E-state index in [-0.39, 0.29) is 24.0 Å². The van der Waals surface area contributed by atoms with Gasteiger partial charge in [-0.15, -0.1) is 24.0 Å². The highest BCUT2D eigenvalue weighted by atomic mass is 127. The van der Waals surface area contributed by atoms with Crippen molar-refractivity contribution in [1.29, 1.82) is 0 Å². The van der Waals surface area contributed by atoms with E-state index < -0.39 is 0 Å². The Labute approximate surface area is 115 Å². The van der Waals surface area contributed by atoms with Crippen LogP contribution in [0.4, 0.5) is 0 Å². The molecule has 3 heterocycles. The zero-order valence-electron chi connectivity index (χ0n) is 10.1. The van der Waals surface area contributed by atoms with Gasteiger partial charge in [-0.2, -0.15) is 0 Å². The number of halogens is 1. The number of fused-ring (bicyclic) bond motifs is 3. The largest absolute Gasteiger partial charge is 0.359 e. The van der Waals surface area contributed by atoms with E-state index in [2.05, 4.69) is 25.4 Å². The van der Waals surface area contributed by atoms with E-state index in [0.717, 1.165) is 12.5 Å². The summed E-state index contributed by atoms with van der Waals surface area (Å²) in [5.74, 6) is 0.882. The molecule has 3 saturated heterocycles. The van der Waals surface area contributed by atoms with Crippen LogP contribution < -0.4 is 10.6 Å². The number of nitrogens with one attached hydrogen (secondary N) is 2. The van der Waals surface area contributed by atoms with Crippen LogP contribution in [0.1, 0.15) is 0 Å². The van der Waals surface area contributed by atoms with Gasteiger partial charge in [0, 0.05) is 59.4 Å². The first-order chi connectivity index (χ1) is 7.33. The summed E-state index contributed by atoms with van der Waals surface area (Å²) in [6.45, 7) is 7.14. The average Bonchev–Trinajstić information content (AvgIpc) is 2.32. The minimum Gasteiger partial charge on any atom is -0.359 e. The minimum atomic E-state index is 0. The summed E-state index contributed by atoms with van der Waals surface area (Å²) in [6.07, 6.45) is 0. The molecule has 16 heavy (non-hydrogen) atoms. The molecule has 0 saturated carbocycles. The molecule has 0 aromatic heterocycles. The van der Waals surface area contributed by atoms with Gasteiger partial charge in [-0.3, -0.25) is 14.8 Å². The van der Waals surface area contributed by atoms with Gasteiger partial charge in [-0.05, 0) is 0 Å². The van der Waals surface area contributed by atoms with Crippen LogP contribution in [0.3, 0.4) is 0 Å². The van der Waals surface area contributed by atoms with Gasteiger partial charge in [0.25, 0.3) is 0 Å². The van der Waals surface area contributed by atoms with Gasteiger partial charge in [-0.1, -0.05) is 0 Å². The lowest BCUT2D eigenvalue weighted by Crippen LogP contribution is -2.63. The van der Waals surface area contributed by atoms with E-state index in [4.69, 9.17) is 0 Å². The number of hydrogen-bond donors (Lipinski definition) is 2. The molecule has 3 aliphatic heterocycles. The van der Waals surface area contributed by atoms with Crippen LogP contribution in [0, 0.1) is 0 Å². The summed E-state index contributed by atoms with van der Waals surface area (Å²) in [5.41, 5.74) is 0. The number of guanidine groups is 1. The molecule has 2 N–H and O–H groups in total. The molecule has 3 aliphatic rings. The number of piperazine rings is 3. The molecule has 1 unspecified atom stereocenters. The van der Waals surface area contributed by atoms with Crippen LogP contribution >= 0.6 is 24.0 Å². The molecule has 0 radical (unpaired) electrons. The molecular weight excluding hydrogens is 317 g/mol. The van der Waals surface area contributed by atoms with E-state index >= 15 is 0 Å². The van der Waals surface area contributed by atoms with Gasteiger partial charge in [0.2, 0.25) is 0 Å². The summed E-state index contributed by atoms with van der Waals surface area (Å²) in [6, 6.07) is 0.651. The van der Waals surface area contributed by atoms with Gasteiger partial charge < -0.3 is 10.6 Å². The highest BCUT2D eigenvalue weighted by Crippen LogP contribution is 2.14. The summed E-state index contributed by atoms with van der Waals surface area (Å²) < 4.78 is 0. The summed E-state index contributed by atoms with van der Waals surface area (Å²) in [7, 11) is 3.70. The van der Waals surface area contributed by atoms with E-state index in [9.17, 15) is 0 Å². The summed E-state index contributed by atoms with van der Waals surface area (Å²) >= 11 is 0. The van der Waals surface area contributed by atoms with Crippen molar-refractivity contribution in [1.82, 2.24) is 20.4 Å². The Kier molecular flexibility index (Phi) is 5.77. The van der Waals surface area contributed by atoms with Crippen molar-refractivity contribution in [3.8, 4) is 0 Å². The van der Waals surface area contributed by atoms with E-state index in [0.29, 0.717) is 6.04 Å². The van der Waals surface area contributed by atoms with Gasteiger partial charge in [0.1, 0.15) is 0 Å². The Bertz CT molecular complexity index is 237. The minimum absolute atomic E-state index is 0. The van der Waals surface area contributed by atoms with E-state index in [1.807, 2.05) is 7.05 Å². The number of nitrogens with zero attached hydrogens (tertiary/aromatic N) is 3. The molecule has 5 nitrogen and oxygen atoms in total. The first-order valence-corrected chi connectivity index (χ1v) is 5.68. The van der Waals surface area contributed by atoms with Crippen molar-refractivity contribution in [2.45, 2.75) is 6.04 Å². The molecule has 3 rings (SSSR count). The van der Waals surface area contributed by atoms with Crippen LogP contribution in [0.15, 0.2) is 4.99 Å². The first kappa shape index (κ1) is 14.0. The summed E-state index contributed by atoms with van der Waals surface area (Å²) in [5, 5.41) is 6.39. The zero-order chi connectivity index (χ0) is 10.7. The van der Waals surface area contributed by atoms with Crippen LogP contribution in [0.2, 0.25) is 0 Å². The lowest BCUT2D eigenvalue weighted by Gasteiger charge is -2.47. The van der Waals surface area contributed by atoms with Crippen molar-refractivity contribution in [3.05, 3.63) is 0 Å². The Balaban J connectivity index is 0.00000128.